The molecule has 0 radical (unpaired) electrons. The standard InChI is InChI=1S/C18H13N3O/c22-18-17(15-10-19-11-20-15)16(12-6-2-1-3-7-12)13-8-4-5-9-14(13)21-18/h1-11H,(H,19,20)(H,21,22). The summed E-state index contributed by atoms with van der Waals surface area (Å²) in [6, 6.07) is 17.8. The highest BCUT2D eigenvalue weighted by Crippen LogP contribution is 2.33. The second-order valence-electron chi connectivity index (χ2n) is 5.08. The predicted molar refractivity (Wildman–Crippen MR) is 87.6 cm³/mol. The molecule has 4 rings (SSSR count). The lowest BCUT2D eigenvalue weighted by molar-refractivity contribution is 1.28. The van der Waals surface area contributed by atoms with Gasteiger partial charge in [0.2, 0.25) is 0 Å². The Morgan fingerprint density at radius 2 is 1.64 bits per heavy atom. The van der Waals surface area contributed by atoms with Crippen LogP contribution >= 0.6 is 0 Å². The molecule has 0 fully saturated rings. The van der Waals surface area contributed by atoms with Crippen LogP contribution in [0.25, 0.3) is 33.3 Å². The number of H-pyrrole nitrogens is 2. The average Bonchev–Trinajstić information content (AvgIpc) is 3.08. The summed E-state index contributed by atoms with van der Waals surface area (Å²) in [5.41, 5.74) is 3.96. The van der Waals surface area contributed by atoms with Crippen molar-refractivity contribution in [3.8, 4) is 22.4 Å². The minimum Gasteiger partial charge on any atom is -0.344 e. The van der Waals surface area contributed by atoms with Crippen LogP contribution in [0.4, 0.5) is 0 Å². The molecule has 22 heavy (non-hydrogen) atoms. The maximum atomic E-state index is 12.6. The van der Waals surface area contributed by atoms with Crippen LogP contribution in [-0.2, 0) is 0 Å². The van der Waals surface area contributed by atoms with Crippen LogP contribution in [0.1, 0.15) is 0 Å². The minimum absolute atomic E-state index is 0.123. The Balaban J connectivity index is 2.19. The number of pyridine rings is 1. The Morgan fingerprint density at radius 1 is 0.864 bits per heavy atom. The minimum atomic E-state index is -0.123. The van der Waals surface area contributed by atoms with Gasteiger partial charge in [0.15, 0.2) is 0 Å². The molecule has 0 aliphatic carbocycles. The molecule has 4 aromatic rings. The largest absolute Gasteiger partial charge is 0.344 e. The first-order chi connectivity index (χ1) is 10.8. The van der Waals surface area contributed by atoms with Crippen molar-refractivity contribution >= 4 is 10.9 Å². The highest BCUT2D eigenvalue weighted by molar-refractivity contribution is 6.01. The molecule has 4 heteroatoms. The number of benzene rings is 2. The summed E-state index contributed by atoms with van der Waals surface area (Å²) in [6.45, 7) is 0. The van der Waals surface area contributed by atoms with E-state index in [1.165, 1.54) is 0 Å². The summed E-state index contributed by atoms with van der Waals surface area (Å²) in [4.78, 5) is 22.7. The van der Waals surface area contributed by atoms with Crippen LogP contribution < -0.4 is 5.56 Å². The van der Waals surface area contributed by atoms with Gasteiger partial charge in [0, 0.05) is 16.5 Å². The number of aromatic nitrogens is 3. The van der Waals surface area contributed by atoms with Crippen molar-refractivity contribution in [2.24, 2.45) is 0 Å². The molecule has 0 unspecified atom stereocenters. The van der Waals surface area contributed by atoms with Gasteiger partial charge in [-0.05, 0) is 11.6 Å². The molecule has 0 aliphatic rings. The topological polar surface area (TPSA) is 61.5 Å². The Labute approximate surface area is 126 Å². The number of nitrogens with one attached hydrogen (secondary N) is 2. The van der Waals surface area contributed by atoms with Crippen LogP contribution in [0.3, 0.4) is 0 Å². The lowest BCUT2D eigenvalue weighted by Gasteiger charge is -2.11. The van der Waals surface area contributed by atoms with E-state index in [1.807, 2.05) is 54.6 Å². The van der Waals surface area contributed by atoms with Gasteiger partial charge < -0.3 is 9.97 Å². The Morgan fingerprint density at radius 3 is 2.41 bits per heavy atom. The van der Waals surface area contributed by atoms with Crippen molar-refractivity contribution in [1.82, 2.24) is 15.0 Å². The van der Waals surface area contributed by atoms with Gasteiger partial charge >= 0.3 is 0 Å². The zero-order chi connectivity index (χ0) is 14.9. The van der Waals surface area contributed by atoms with E-state index in [0.717, 1.165) is 22.0 Å². The fourth-order valence-corrected chi connectivity index (χ4v) is 2.80. The van der Waals surface area contributed by atoms with Crippen molar-refractivity contribution in [3.05, 3.63) is 77.5 Å². The molecule has 2 N–H and O–H groups in total. The fraction of sp³-hybridized carbons (Fsp3) is 0. The highest BCUT2D eigenvalue weighted by atomic mass is 16.1. The van der Waals surface area contributed by atoms with Crippen LogP contribution in [0, 0.1) is 0 Å². The lowest BCUT2D eigenvalue weighted by atomic mass is 9.95. The molecule has 106 valence electrons. The first-order valence-corrected chi connectivity index (χ1v) is 7.04. The number of hydrogen-bond acceptors (Lipinski definition) is 2. The van der Waals surface area contributed by atoms with Gasteiger partial charge in [0.05, 0.1) is 23.8 Å². The van der Waals surface area contributed by atoms with Crippen molar-refractivity contribution in [3.63, 3.8) is 0 Å². The summed E-state index contributed by atoms with van der Waals surface area (Å²) >= 11 is 0. The molecule has 0 aliphatic heterocycles. The first kappa shape index (κ1) is 12.6. The number of hydrogen-bond donors (Lipinski definition) is 2. The van der Waals surface area contributed by atoms with Gasteiger partial charge in [-0.1, -0.05) is 48.5 Å². The predicted octanol–water partition coefficient (Wildman–Crippen LogP) is 3.59. The molecule has 0 saturated heterocycles. The van der Waals surface area contributed by atoms with E-state index in [0.29, 0.717) is 11.3 Å². The van der Waals surface area contributed by atoms with Crippen molar-refractivity contribution in [1.29, 1.82) is 0 Å². The summed E-state index contributed by atoms with van der Waals surface area (Å²) in [5, 5.41) is 1.01. The number of aromatic amines is 2. The molecule has 2 aromatic heterocycles. The molecule has 0 saturated carbocycles. The maximum absolute atomic E-state index is 12.6. The van der Waals surface area contributed by atoms with Crippen LogP contribution in [-0.4, -0.2) is 15.0 Å². The summed E-state index contributed by atoms with van der Waals surface area (Å²) in [5.74, 6) is 0. The third-order valence-corrected chi connectivity index (χ3v) is 3.75. The van der Waals surface area contributed by atoms with E-state index in [9.17, 15) is 4.79 Å². The van der Waals surface area contributed by atoms with E-state index in [1.54, 1.807) is 12.5 Å². The highest BCUT2D eigenvalue weighted by Gasteiger charge is 2.16. The quantitative estimate of drug-likeness (QED) is 0.592. The molecule has 2 heterocycles. The summed E-state index contributed by atoms with van der Waals surface area (Å²) in [7, 11) is 0. The van der Waals surface area contributed by atoms with E-state index >= 15 is 0 Å². The molecule has 0 amide bonds. The third-order valence-electron chi connectivity index (χ3n) is 3.75. The van der Waals surface area contributed by atoms with Crippen LogP contribution in [0.15, 0.2) is 71.9 Å². The monoisotopic (exact) mass is 287 g/mol. The van der Waals surface area contributed by atoms with Gasteiger partial charge in [-0.15, -0.1) is 0 Å². The average molecular weight is 287 g/mol. The van der Waals surface area contributed by atoms with E-state index in [2.05, 4.69) is 15.0 Å². The Hall–Kier alpha value is -3.14. The summed E-state index contributed by atoms with van der Waals surface area (Å²) in [6.07, 6.45) is 3.25. The Kier molecular flexibility index (Phi) is 2.86. The smallest absolute Gasteiger partial charge is 0.258 e. The molecule has 0 bridgehead atoms. The van der Waals surface area contributed by atoms with Crippen molar-refractivity contribution in [2.75, 3.05) is 0 Å². The molecular weight excluding hydrogens is 274 g/mol. The van der Waals surface area contributed by atoms with Gasteiger partial charge in [0.1, 0.15) is 0 Å². The second kappa shape index (κ2) is 5.00. The molecule has 0 atom stereocenters. The second-order valence-corrected chi connectivity index (χ2v) is 5.08. The molecule has 4 nitrogen and oxygen atoms in total. The van der Waals surface area contributed by atoms with Gasteiger partial charge in [0.25, 0.3) is 5.56 Å². The SMILES string of the molecule is O=c1[nH]c2ccccc2c(-c2ccccc2)c1-c1cnc[nH]1. The Bertz CT molecular complexity index is 986. The lowest BCUT2D eigenvalue weighted by Crippen LogP contribution is -2.11. The number of imidazole rings is 1. The third kappa shape index (κ3) is 1.93. The number of fused-ring (bicyclic) bond motifs is 1. The van der Waals surface area contributed by atoms with Gasteiger partial charge in [-0.3, -0.25) is 4.79 Å². The van der Waals surface area contributed by atoms with Crippen molar-refractivity contribution in [2.45, 2.75) is 0 Å². The van der Waals surface area contributed by atoms with E-state index < -0.39 is 0 Å². The van der Waals surface area contributed by atoms with Crippen molar-refractivity contribution < 1.29 is 0 Å². The molecular formula is C18H13N3O. The normalized spacial score (nSPS) is 10.9. The fourth-order valence-electron chi connectivity index (χ4n) is 2.80. The van der Waals surface area contributed by atoms with Gasteiger partial charge in [-0.2, -0.15) is 0 Å². The van der Waals surface area contributed by atoms with Gasteiger partial charge in [-0.25, -0.2) is 4.98 Å². The number of para-hydroxylation sites is 1. The number of nitrogens with zero attached hydrogens (tertiary/aromatic N) is 1. The zero-order valence-electron chi connectivity index (χ0n) is 11.7. The maximum Gasteiger partial charge on any atom is 0.258 e. The zero-order valence-corrected chi connectivity index (χ0v) is 11.7. The van der Waals surface area contributed by atoms with E-state index in [4.69, 9.17) is 0 Å². The van der Waals surface area contributed by atoms with E-state index in [-0.39, 0.29) is 5.56 Å². The molecule has 2 aromatic carbocycles. The van der Waals surface area contributed by atoms with Crippen LogP contribution in [0.5, 0.6) is 0 Å². The first-order valence-electron chi connectivity index (χ1n) is 7.04. The molecule has 0 spiro atoms. The summed E-state index contributed by atoms with van der Waals surface area (Å²) < 4.78 is 0. The van der Waals surface area contributed by atoms with Crippen LogP contribution in [0.2, 0.25) is 0 Å². The number of rotatable bonds is 2.